The molecule has 2 rings (SSSR count). The molecule has 0 radical (unpaired) electrons. The van der Waals surface area contributed by atoms with Crippen LogP contribution in [0.1, 0.15) is 18.9 Å². The Morgan fingerprint density at radius 3 is 3.00 bits per heavy atom. The van der Waals surface area contributed by atoms with Gasteiger partial charge in [-0.25, -0.2) is 0 Å². The van der Waals surface area contributed by atoms with Gasteiger partial charge in [-0.3, -0.25) is 9.69 Å². The summed E-state index contributed by atoms with van der Waals surface area (Å²) in [6, 6.07) is 7.79. The van der Waals surface area contributed by atoms with Gasteiger partial charge in [0.15, 0.2) is 5.78 Å². The summed E-state index contributed by atoms with van der Waals surface area (Å²) in [6.07, 6.45) is 2.61. The Bertz CT molecular complexity index is 465. The van der Waals surface area contributed by atoms with E-state index >= 15 is 0 Å². The van der Waals surface area contributed by atoms with Crippen molar-refractivity contribution in [2.75, 3.05) is 26.7 Å². The molecule has 1 aromatic carbocycles. The topological polar surface area (TPSA) is 29.5 Å². The maximum atomic E-state index is 11.9. The summed E-state index contributed by atoms with van der Waals surface area (Å²) < 4.78 is 5.19. The van der Waals surface area contributed by atoms with Gasteiger partial charge in [0.2, 0.25) is 0 Å². The van der Waals surface area contributed by atoms with Crippen LogP contribution in [0.15, 0.2) is 29.8 Å². The zero-order valence-corrected chi connectivity index (χ0v) is 11.0. The maximum Gasteiger partial charge on any atom is 0.161 e. The molecule has 0 atom stereocenters. The van der Waals surface area contributed by atoms with Gasteiger partial charge in [-0.2, -0.15) is 0 Å². The second-order valence-corrected chi connectivity index (χ2v) is 4.49. The van der Waals surface area contributed by atoms with Crippen molar-refractivity contribution in [2.45, 2.75) is 13.3 Å². The minimum atomic E-state index is 0.266. The van der Waals surface area contributed by atoms with E-state index in [1.807, 2.05) is 30.3 Å². The molecule has 0 aliphatic carbocycles. The number of carbonyl (C=O) groups excluding carboxylic acids is 1. The number of ether oxygens (including phenoxy) is 1. The first-order valence-electron chi connectivity index (χ1n) is 6.33. The molecule has 3 nitrogen and oxygen atoms in total. The van der Waals surface area contributed by atoms with Gasteiger partial charge < -0.3 is 4.74 Å². The molecule has 0 bridgehead atoms. The molecule has 0 N–H and O–H groups in total. The molecule has 0 spiro atoms. The molecule has 1 fully saturated rings. The second-order valence-electron chi connectivity index (χ2n) is 4.49. The van der Waals surface area contributed by atoms with Crippen LogP contribution in [0.25, 0.3) is 6.08 Å². The number of rotatable bonds is 3. The summed E-state index contributed by atoms with van der Waals surface area (Å²) in [5.74, 6) is 1.09. The van der Waals surface area contributed by atoms with Crippen molar-refractivity contribution < 1.29 is 9.53 Å². The van der Waals surface area contributed by atoms with E-state index in [9.17, 15) is 4.79 Å². The Morgan fingerprint density at radius 2 is 2.28 bits per heavy atom. The molecule has 18 heavy (non-hydrogen) atoms. The fraction of sp³-hybridized carbons (Fsp3) is 0.400. The molecule has 1 aliphatic rings. The Labute approximate surface area is 108 Å². The number of nitrogens with zero attached hydrogens (tertiary/aromatic N) is 1. The molecular weight excluding hydrogens is 226 g/mol. The molecule has 0 aromatic heterocycles. The number of hydrogen-bond donors (Lipinski definition) is 0. The number of piperidine rings is 1. The summed E-state index contributed by atoms with van der Waals surface area (Å²) in [5, 5.41) is 0. The lowest BCUT2D eigenvalue weighted by atomic mass is 10.0. The minimum Gasteiger partial charge on any atom is -0.497 e. The van der Waals surface area contributed by atoms with E-state index < -0.39 is 0 Å². The van der Waals surface area contributed by atoms with E-state index in [4.69, 9.17) is 4.74 Å². The predicted octanol–water partition coefficient (Wildman–Crippen LogP) is 2.37. The third kappa shape index (κ3) is 2.99. The highest BCUT2D eigenvalue weighted by molar-refractivity contribution is 6.00. The fourth-order valence-corrected chi connectivity index (χ4v) is 2.16. The summed E-state index contributed by atoms with van der Waals surface area (Å²) in [7, 11) is 1.65. The van der Waals surface area contributed by atoms with Crippen LogP contribution in [0, 0.1) is 0 Å². The van der Waals surface area contributed by atoms with Gasteiger partial charge in [-0.15, -0.1) is 0 Å². The quantitative estimate of drug-likeness (QED) is 0.766. The van der Waals surface area contributed by atoms with E-state index in [1.165, 1.54) is 0 Å². The van der Waals surface area contributed by atoms with Gasteiger partial charge in [-0.1, -0.05) is 19.1 Å². The molecular formula is C15H19NO2. The van der Waals surface area contributed by atoms with Crippen molar-refractivity contribution in [3.05, 3.63) is 35.4 Å². The number of methoxy groups -OCH3 is 1. The number of likely N-dealkylation sites (N-methyl/N-ethyl adjacent to an activating group) is 1. The monoisotopic (exact) mass is 245 g/mol. The zero-order valence-electron chi connectivity index (χ0n) is 11.0. The Hall–Kier alpha value is -1.61. The smallest absolute Gasteiger partial charge is 0.161 e. The maximum absolute atomic E-state index is 11.9. The molecule has 96 valence electrons. The van der Waals surface area contributed by atoms with E-state index in [0.717, 1.165) is 36.5 Å². The molecule has 0 amide bonds. The lowest BCUT2D eigenvalue weighted by molar-refractivity contribution is -0.117. The van der Waals surface area contributed by atoms with Crippen LogP contribution < -0.4 is 4.74 Å². The average molecular weight is 245 g/mol. The normalized spacial score (nSPS) is 19.2. The molecule has 1 heterocycles. The van der Waals surface area contributed by atoms with E-state index in [2.05, 4.69) is 11.8 Å². The van der Waals surface area contributed by atoms with E-state index in [-0.39, 0.29) is 5.78 Å². The summed E-state index contributed by atoms with van der Waals surface area (Å²) in [4.78, 5) is 14.2. The Kier molecular flexibility index (Phi) is 4.15. The molecule has 0 saturated carbocycles. The van der Waals surface area contributed by atoms with Crippen molar-refractivity contribution >= 4 is 11.9 Å². The highest BCUT2D eigenvalue weighted by Gasteiger charge is 2.19. The standard InChI is InChI=1S/C15H19NO2/c1-3-16-8-7-15(17)13(11-16)9-12-5-4-6-14(10-12)18-2/h4-6,9-10H,3,7-8,11H2,1-2H3/b13-9+. The number of ketones is 1. The SMILES string of the molecule is CCN1CCC(=O)/C(=C/c2cccc(OC)c2)C1. The highest BCUT2D eigenvalue weighted by Crippen LogP contribution is 2.19. The molecule has 1 aliphatic heterocycles. The van der Waals surface area contributed by atoms with Crippen molar-refractivity contribution in [2.24, 2.45) is 0 Å². The van der Waals surface area contributed by atoms with Gasteiger partial charge in [0.1, 0.15) is 5.75 Å². The van der Waals surface area contributed by atoms with Crippen LogP contribution in [0.3, 0.4) is 0 Å². The van der Waals surface area contributed by atoms with Crippen LogP contribution in [0.2, 0.25) is 0 Å². The van der Waals surface area contributed by atoms with E-state index in [0.29, 0.717) is 6.42 Å². The van der Waals surface area contributed by atoms with Gasteiger partial charge in [-0.05, 0) is 30.3 Å². The number of likely N-dealkylation sites (tertiary alicyclic amines) is 1. The zero-order chi connectivity index (χ0) is 13.0. The second kappa shape index (κ2) is 5.83. The van der Waals surface area contributed by atoms with Gasteiger partial charge >= 0.3 is 0 Å². The van der Waals surface area contributed by atoms with Crippen molar-refractivity contribution in [1.29, 1.82) is 0 Å². The first-order valence-corrected chi connectivity index (χ1v) is 6.33. The predicted molar refractivity (Wildman–Crippen MR) is 72.7 cm³/mol. The summed E-state index contributed by atoms with van der Waals surface area (Å²) in [6.45, 7) is 4.75. The van der Waals surface area contributed by atoms with Crippen molar-refractivity contribution in [3.63, 3.8) is 0 Å². The van der Waals surface area contributed by atoms with Crippen LogP contribution in [-0.2, 0) is 4.79 Å². The summed E-state index contributed by atoms with van der Waals surface area (Å²) in [5.41, 5.74) is 1.92. The van der Waals surface area contributed by atoms with Crippen LogP contribution in [-0.4, -0.2) is 37.4 Å². The Balaban J connectivity index is 2.21. The molecule has 1 saturated heterocycles. The summed E-state index contributed by atoms with van der Waals surface area (Å²) >= 11 is 0. The van der Waals surface area contributed by atoms with Gasteiger partial charge in [0.25, 0.3) is 0 Å². The van der Waals surface area contributed by atoms with Gasteiger partial charge in [0.05, 0.1) is 7.11 Å². The Morgan fingerprint density at radius 1 is 1.44 bits per heavy atom. The molecule has 1 aromatic rings. The fourth-order valence-electron chi connectivity index (χ4n) is 2.16. The number of benzene rings is 1. The lowest BCUT2D eigenvalue weighted by Crippen LogP contribution is -2.35. The minimum absolute atomic E-state index is 0.266. The number of Topliss-reactive ketones (excluding diaryl/α,β-unsaturated/α-hetero) is 1. The first-order chi connectivity index (χ1) is 8.72. The van der Waals surface area contributed by atoms with Crippen LogP contribution in [0.4, 0.5) is 0 Å². The lowest BCUT2D eigenvalue weighted by Gasteiger charge is -2.26. The third-order valence-corrected chi connectivity index (χ3v) is 3.29. The third-order valence-electron chi connectivity index (χ3n) is 3.29. The highest BCUT2D eigenvalue weighted by atomic mass is 16.5. The number of carbonyl (C=O) groups is 1. The molecule has 3 heteroatoms. The average Bonchev–Trinajstić information content (AvgIpc) is 2.41. The van der Waals surface area contributed by atoms with Gasteiger partial charge in [0, 0.05) is 25.1 Å². The number of hydrogen-bond acceptors (Lipinski definition) is 3. The van der Waals surface area contributed by atoms with Crippen molar-refractivity contribution in [1.82, 2.24) is 4.90 Å². The van der Waals surface area contributed by atoms with Crippen molar-refractivity contribution in [3.8, 4) is 5.75 Å². The van der Waals surface area contributed by atoms with E-state index in [1.54, 1.807) is 7.11 Å². The first kappa shape index (κ1) is 12.8. The van der Waals surface area contributed by atoms with Crippen LogP contribution in [0.5, 0.6) is 5.75 Å². The molecule has 0 unspecified atom stereocenters. The van der Waals surface area contributed by atoms with Crippen LogP contribution >= 0.6 is 0 Å². The largest absolute Gasteiger partial charge is 0.497 e.